The number of nitrogens with two attached hydrogens (primary N) is 1. The summed E-state index contributed by atoms with van der Waals surface area (Å²) in [6, 6.07) is 11.7. The van der Waals surface area contributed by atoms with Crippen molar-refractivity contribution in [2.75, 3.05) is 6.61 Å². The normalized spacial score (nSPS) is 16.1. The maximum atomic E-state index is 12.3. The van der Waals surface area contributed by atoms with E-state index in [0.717, 1.165) is 15.3 Å². The van der Waals surface area contributed by atoms with Gasteiger partial charge in [-0.3, -0.25) is 0 Å². The van der Waals surface area contributed by atoms with Gasteiger partial charge in [-0.2, -0.15) is 5.26 Å². The molecule has 2 heterocycles. The Labute approximate surface area is 143 Å². The highest BCUT2D eigenvalue weighted by Gasteiger charge is 2.36. The van der Waals surface area contributed by atoms with Gasteiger partial charge in [0.25, 0.3) is 0 Å². The Morgan fingerprint density at radius 2 is 2.12 bits per heavy atom. The minimum atomic E-state index is -0.437. The quantitative estimate of drug-likeness (QED) is 0.865. The van der Waals surface area contributed by atoms with Crippen molar-refractivity contribution < 1.29 is 14.3 Å². The number of allylic oxidation sites excluding steroid dienone is 1. The highest BCUT2D eigenvalue weighted by molar-refractivity contribution is 7.12. The molecule has 2 aromatic rings. The van der Waals surface area contributed by atoms with Gasteiger partial charge in [0.2, 0.25) is 5.88 Å². The van der Waals surface area contributed by atoms with Gasteiger partial charge in [0.15, 0.2) is 5.75 Å². The summed E-state index contributed by atoms with van der Waals surface area (Å²) in [6.45, 7) is 3.87. The van der Waals surface area contributed by atoms with E-state index in [9.17, 15) is 10.1 Å². The van der Waals surface area contributed by atoms with E-state index in [2.05, 4.69) is 6.07 Å². The van der Waals surface area contributed by atoms with Gasteiger partial charge in [0.1, 0.15) is 17.2 Å². The van der Waals surface area contributed by atoms with Crippen LogP contribution in [-0.2, 0) is 4.74 Å². The zero-order valence-corrected chi connectivity index (χ0v) is 14.1. The molecule has 5 nitrogen and oxygen atoms in total. The van der Waals surface area contributed by atoms with Gasteiger partial charge in [0.05, 0.1) is 17.4 Å². The van der Waals surface area contributed by atoms with E-state index in [1.165, 1.54) is 11.3 Å². The Hall–Kier alpha value is -2.78. The molecule has 1 aliphatic rings. The summed E-state index contributed by atoms with van der Waals surface area (Å²) in [5.74, 6) is -0.345. The fourth-order valence-electron chi connectivity index (χ4n) is 2.80. The number of carbonyl (C=O) groups is 1. The summed E-state index contributed by atoms with van der Waals surface area (Å²) < 4.78 is 10.8. The zero-order valence-electron chi connectivity index (χ0n) is 13.3. The molecule has 0 aliphatic carbocycles. The SMILES string of the molecule is CCOC(=O)c1c(C)sc2c1OC(N)=C(C#N)C2c1ccccc1. The number of nitrogens with zero attached hydrogens (tertiary/aromatic N) is 1. The zero-order chi connectivity index (χ0) is 17.3. The highest BCUT2D eigenvalue weighted by atomic mass is 32.1. The van der Waals surface area contributed by atoms with Crippen molar-refractivity contribution in [1.29, 1.82) is 5.26 Å². The van der Waals surface area contributed by atoms with E-state index in [1.54, 1.807) is 6.92 Å². The maximum absolute atomic E-state index is 12.3. The molecule has 6 heteroatoms. The molecular formula is C18H16N2O3S. The molecule has 1 aliphatic heterocycles. The maximum Gasteiger partial charge on any atom is 0.343 e. The van der Waals surface area contributed by atoms with Gasteiger partial charge in [-0.15, -0.1) is 11.3 Å². The molecule has 2 N–H and O–H groups in total. The minimum absolute atomic E-state index is 0.0298. The number of ether oxygens (including phenoxy) is 2. The molecule has 0 bridgehead atoms. The molecular weight excluding hydrogens is 324 g/mol. The number of thiophene rings is 1. The third kappa shape index (κ3) is 2.53. The van der Waals surface area contributed by atoms with Crippen LogP contribution in [0.25, 0.3) is 0 Å². The Bertz CT molecular complexity index is 862. The van der Waals surface area contributed by atoms with E-state index in [0.29, 0.717) is 16.9 Å². The number of nitriles is 1. The second-order valence-electron chi connectivity index (χ2n) is 5.28. The van der Waals surface area contributed by atoms with Crippen LogP contribution in [0.1, 0.15) is 38.5 Å². The molecule has 24 heavy (non-hydrogen) atoms. The first kappa shape index (κ1) is 16.1. The lowest BCUT2D eigenvalue weighted by Gasteiger charge is -2.24. The van der Waals surface area contributed by atoms with Crippen LogP contribution in [0.2, 0.25) is 0 Å². The average Bonchev–Trinajstić information content (AvgIpc) is 2.90. The van der Waals surface area contributed by atoms with Crippen molar-refractivity contribution in [2.45, 2.75) is 19.8 Å². The summed E-state index contributed by atoms with van der Waals surface area (Å²) in [5.41, 5.74) is 7.64. The third-order valence-corrected chi connectivity index (χ3v) is 4.98. The number of rotatable bonds is 3. The molecule has 0 saturated carbocycles. The molecule has 1 unspecified atom stereocenters. The Morgan fingerprint density at radius 3 is 2.75 bits per heavy atom. The second-order valence-corrected chi connectivity index (χ2v) is 6.54. The van der Waals surface area contributed by atoms with Gasteiger partial charge in [0, 0.05) is 4.88 Å². The predicted molar refractivity (Wildman–Crippen MR) is 90.8 cm³/mol. The lowest BCUT2D eigenvalue weighted by atomic mass is 9.88. The van der Waals surface area contributed by atoms with Crippen LogP contribution in [0.5, 0.6) is 5.75 Å². The molecule has 1 aromatic heterocycles. The number of benzene rings is 1. The van der Waals surface area contributed by atoms with Gasteiger partial charge < -0.3 is 15.2 Å². The average molecular weight is 340 g/mol. The summed E-state index contributed by atoms with van der Waals surface area (Å²) in [4.78, 5) is 13.9. The van der Waals surface area contributed by atoms with E-state index in [1.807, 2.05) is 37.3 Å². The monoisotopic (exact) mass is 340 g/mol. The van der Waals surface area contributed by atoms with Gasteiger partial charge in [-0.25, -0.2) is 4.79 Å². The molecule has 0 spiro atoms. The topological polar surface area (TPSA) is 85.3 Å². The van der Waals surface area contributed by atoms with E-state index in [-0.39, 0.29) is 18.4 Å². The molecule has 0 fully saturated rings. The van der Waals surface area contributed by atoms with E-state index >= 15 is 0 Å². The van der Waals surface area contributed by atoms with Crippen molar-refractivity contribution in [3.63, 3.8) is 0 Å². The van der Waals surface area contributed by atoms with Gasteiger partial charge in [-0.05, 0) is 19.4 Å². The number of aryl methyl sites for hydroxylation is 1. The van der Waals surface area contributed by atoms with Crippen LogP contribution in [0.4, 0.5) is 0 Å². The number of esters is 1. The number of hydrogen-bond acceptors (Lipinski definition) is 6. The molecule has 0 saturated heterocycles. The Balaban J connectivity index is 2.20. The number of hydrogen-bond donors (Lipinski definition) is 1. The van der Waals surface area contributed by atoms with Crippen molar-refractivity contribution in [3.05, 3.63) is 62.7 Å². The van der Waals surface area contributed by atoms with Crippen LogP contribution in [-0.4, -0.2) is 12.6 Å². The Kier molecular flexibility index (Phi) is 4.28. The predicted octanol–water partition coefficient (Wildman–Crippen LogP) is 3.45. The fraction of sp³-hybridized carbons (Fsp3) is 0.222. The fourth-order valence-corrected chi connectivity index (χ4v) is 4.01. The molecule has 1 atom stereocenters. The van der Waals surface area contributed by atoms with Gasteiger partial charge in [-0.1, -0.05) is 30.3 Å². The number of fused-ring (bicyclic) bond motifs is 1. The van der Waals surface area contributed by atoms with Crippen molar-refractivity contribution in [3.8, 4) is 11.8 Å². The lowest BCUT2D eigenvalue weighted by Crippen LogP contribution is -2.21. The van der Waals surface area contributed by atoms with Gasteiger partial charge >= 0.3 is 5.97 Å². The van der Waals surface area contributed by atoms with Crippen LogP contribution in [0.15, 0.2) is 41.8 Å². The van der Waals surface area contributed by atoms with Crippen LogP contribution in [0.3, 0.4) is 0 Å². The third-order valence-electron chi connectivity index (χ3n) is 3.83. The molecule has 1 aromatic carbocycles. The molecule has 0 radical (unpaired) electrons. The standard InChI is InChI=1S/C18H16N2O3S/c1-3-22-18(21)13-10(2)24-16-14(11-7-5-4-6-8-11)12(9-19)17(20)23-15(13)16/h4-8,14H,3,20H2,1-2H3. The highest BCUT2D eigenvalue weighted by Crippen LogP contribution is 2.49. The number of carbonyl (C=O) groups excluding carboxylic acids is 1. The Morgan fingerprint density at radius 1 is 1.42 bits per heavy atom. The smallest absolute Gasteiger partial charge is 0.343 e. The first-order valence-electron chi connectivity index (χ1n) is 7.51. The molecule has 122 valence electrons. The van der Waals surface area contributed by atoms with Crippen molar-refractivity contribution in [1.82, 2.24) is 0 Å². The second kappa shape index (κ2) is 6.38. The van der Waals surface area contributed by atoms with Crippen molar-refractivity contribution in [2.24, 2.45) is 5.73 Å². The van der Waals surface area contributed by atoms with Crippen LogP contribution < -0.4 is 10.5 Å². The van der Waals surface area contributed by atoms with Crippen LogP contribution in [0, 0.1) is 18.3 Å². The summed E-state index contributed by atoms with van der Waals surface area (Å²) in [7, 11) is 0. The summed E-state index contributed by atoms with van der Waals surface area (Å²) >= 11 is 1.43. The first-order valence-corrected chi connectivity index (χ1v) is 8.33. The van der Waals surface area contributed by atoms with E-state index < -0.39 is 5.97 Å². The lowest BCUT2D eigenvalue weighted by molar-refractivity contribution is 0.0522. The molecule has 3 rings (SSSR count). The molecule has 0 amide bonds. The van der Waals surface area contributed by atoms with Crippen molar-refractivity contribution >= 4 is 17.3 Å². The summed E-state index contributed by atoms with van der Waals surface area (Å²) in [6.07, 6.45) is 0. The first-order chi connectivity index (χ1) is 11.6. The van der Waals surface area contributed by atoms with E-state index in [4.69, 9.17) is 15.2 Å². The summed E-state index contributed by atoms with van der Waals surface area (Å²) in [5, 5.41) is 9.53. The minimum Gasteiger partial charge on any atom is -0.462 e. The largest absolute Gasteiger partial charge is 0.462 e. The van der Waals surface area contributed by atoms with Crippen LogP contribution >= 0.6 is 11.3 Å².